The number of aromatic nitrogens is 2. The van der Waals surface area contributed by atoms with E-state index >= 15 is 0 Å². The van der Waals surface area contributed by atoms with Crippen molar-refractivity contribution in [3.63, 3.8) is 0 Å². The zero-order chi connectivity index (χ0) is 23.4. The average molecular weight is 465 g/mol. The minimum absolute atomic E-state index is 0.316. The predicted octanol–water partition coefficient (Wildman–Crippen LogP) is 6.02. The molecule has 0 aliphatic rings. The Bertz CT molecular complexity index is 1270. The molecule has 168 valence electrons. The SMILES string of the molecule is Cc1cc(OCC(=O)O)c(-c2cc(-c3ccc(F)cc3)n(CCc3ccccc3)n2)cc1Cl. The molecular weight excluding hydrogens is 443 g/mol. The summed E-state index contributed by atoms with van der Waals surface area (Å²) in [6.45, 7) is 1.94. The first-order chi connectivity index (χ1) is 15.9. The third-order valence-corrected chi connectivity index (χ3v) is 5.67. The molecule has 0 aliphatic heterocycles. The fourth-order valence-corrected chi connectivity index (χ4v) is 3.73. The van der Waals surface area contributed by atoms with E-state index in [0.29, 0.717) is 28.6 Å². The second kappa shape index (κ2) is 9.88. The molecule has 0 amide bonds. The highest BCUT2D eigenvalue weighted by Crippen LogP contribution is 2.36. The zero-order valence-electron chi connectivity index (χ0n) is 18.0. The van der Waals surface area contributed by atoms with Crippen LogP contribution in [0.1, 0.15) is 11.1 Å². The molecule has 0 unspecified atom stereocenters. The summed E-state index contributed by atoms with van der Waals surface area (Å²) in [5.41, 5.74) is 4.74. The maximum Gasteiger partial charge on any atom is 0.341 e. The summed E-state index contributed by atoms with van der Waals surface area (Å²) in [5, 5.41) is 14.4. The summed E-state index contributed by atoms with van der Waals surface area (Å²) in [4.78, 5) is 11.1. The molecule has 0 saturated heterocycles. The molecule has 7 heteroatoms. The topological polar surface area (TPSA) is 64.3 Å². The molecule has 1 heterocycles. The van der Waals surface area contributed by atoms with Crippen molar-refractivity contribution < 1.29 is 19.0 Å². The maximum atomic E-state index is 13.5. The molecule has 0 radical (unpaired) electrons. The molecule has 5 nitrogen and oxygen atoms in total. The van der Waals surface area contributed by atoms with Gasteiger partial charge in [0.15, 0.2) is 6.61 Å². The summed E-state index contributed by atoms with van der Waals surface area (Å²) in [6.07, 6.45) is 0.757. The van der Waals surface area contributed by atoms with E-state index in [0.717, 1.165) is 23.2 Å². The first kappa shape index (κ1) is 22.6. The van der Waals surface area contributed by atoms with E-state index in [4.69, 9.17) is 26.5 Å². The number of hydrogen-bond donors (Lipinski definition) is 1. The van der Waals surface area contributed by atoms with Crippen LogP contribution in [0.5, 0.6) is 5.75 Å². The number of ether oxygens (including phenoxy) is 1. The van der Waals surface area contributed by atoms with Crippen molar-refractivity contribution in [2.45, 2.75) is 19.9 Å². The molecule has 4 rings (SSSR count). The van der Waals surface area contributed by atoms with Crippen LogP contribution in [0, 0.1) is 12.7 Å². The molecule has 0 spiro atoms. The Hall–Kier alpha value is -3.64. The Balaban J connectivity index is 1.77. The standard InChI is InChI=1S/C26H22ClFN2O3/c1-17-13-25(33-16-26(31)32)21(14-22(17)27)23-15-24(19-7-9-20(28)10-8-19)30(29-23)12-11-18-5-3-2-4-6-18/h2-10,13-15H,11-12,16H2,1H3,(H,31,32). The number of benzene rings is 3. The highest BCUT2D eigenvalue weighted by Gasteiger charge is 2.17. The Morgan fingerprint density at radius 2 is 1.82 bits per heavy atom. The summed E-state index contributed by atoms with van der Waals surface area (Å²) in [5.74, 6) is -1.00. The van der Waals surface area contributed by atoms with Crippen LogP contribution in [0.2, 0.25) is 5.02 Å². The lowest BCUT2D eigenvalue weighted by Crippen LogP contribution is -2.10. The lowest BCUT2D eigenvalue weighted by Gasteiger charge is -2.11. The van der Waals surface area contributed by atoms with Gasteiger partial charge in [-0.1, -0.05) is 41.9 Å². The maximum absolute atomic E-state index is 13.5. The van der Waals surface area contributed by atoms with Crippen LogP contribution in [-0.4, -0.2) is 27.5 Å². The smallest absolute Gasteiger partial charge is 0.341 e. The second-order valence-corrected chi connectivity index (χ2v) is 8.07. The van der Waals surface area contributed by atoms with Crippen LogP contribution in [0.25, 0.3) is 22.5 Å². The van der Waals surface area contributed by atoms with Crippen molar-refractivity contribution in [2.75, 3.05) is 6.61 Å². The van der Waals surface area contributed by atoms with Crippen molar-refractivity contribution in [1.29, 1.82) is 0 Å². The van der Waals surface area contributed by atoms with E-state index in [-0.39, 0.29) is 5.82 Å². The molecule has 4 aromatic rings. The molecule has 0 bridgehead atoms. The number of hydrogen-bond acceptors (Lipinski definition) is 3. The Labute approximate surface area is 196 Å². The predicted molar refractivity (Wildman–Crippen MR) is 126 cm³/mol. The molecule has 1 N–H and O–H groups in total. The number of carboxylic acids is 1. The lowest BCUT2D eigenvalue weighted by atomic mass is 10.1. The molecule has 0 fully saturated rings. The van der Waals surface area contributed by atoms with Crippen LogP contribution in [0.3, 0.4) is 0 Å². The van der Waals surface area contributed by atoms with Gasteiger partial charge >= 0.3 is 5.97 Å². The molecule has 0 atom stereocenters. The first-order valence-corrected chi connectivity index (χ1v) is 10.8. The first-order valence-electron chi connectivity index (χ1n) is 10.4. The highest BCUT2D eigenvalue weighted by molar-refractivity contribution is 6.31. The van der Waals surface area contributed by atoms with Gasteiger partial charge in [0.1, 0.15) is 11.6 Å². The van der Waals surface area contributed by atoms with Crippen molar-refractivity contribution in [3.05, 3.63) is 94.8 Å². The van der Waals surface area contributed by atoms with Crippen molar-refractivity contribution in [3.8, 4) is 28.3 Å². The minimum atomic E-state index is -1.08. The van der Waals surface area contributed by atoms with Gasteiger partial charge in [0, 0.05) is 22.7 Å². The van der Waals surface area contributed by atoms with Crippen LogP contribution >= 0.6 is 11.6 Å². The number of rotatable bonds is 8. The Morgan fingerprint density at radius 1 is 1.09 bits per heavy atom. The van der Waals surface area contributed by atoms with Gasteiger partial charge in [-0.05, 0) is 66.9 Å². The summed E-state index contributed by atoms with van der Waals surface area (Å²) < 4.78 is 20.9. The van der Waals surface area contributed by atoms with Crippen molar-refractivity contribution in [1.82, 2.24) is 9.78 Å². The molecule has 1 aromatic heterocycles. The van der Waals surface area contributed by atoms with E-state index in [1.165, 1.54) is 17.7 Å². The summed E-state index contributed by atoms with van der Waals surface area (Å²) in [6, 6.07) is 21.6. The Morgan fingerprint density at radius 3 is 2.52 bits per heavy atom. The molecule has 0 saturated carbocycles. The van der Waals surface area contributed by atoms with Gasteiger partial charge in [-0.2, -0.15) is 5.10 Å². The van der Waals surface area contributed by atoms with Crippen molar-refractivity contribution >= 4 is 17.6 Å². The quantitative estimate of drug-likeness (QED) is 0.346. The summed E-state index contributed by atoms with van der Waals surface area (Å²) in [7, 11) is 0. The third-order valence-electron chi connectivity index (χ3n) is 5.26. The van der Waals surface area contributed by atoms with Gasteiger partial charge in [-0.15, -0.1) is 0 Å². The average Bonchev–Trinajstić information content (AvgIpc) is 3.23. The monoisotopic (exact) mass is 464 g/mol. The van der Waals surface area contributed by atoms with E-state index in [9.17, 15) is 9.18 Å². The number of carboxylic acid groups (broad SMARTS) is 1. The molecule has 33 heavy (non-hydrogen) atoms. The van der Waals surface area contributed by atoms with Gasteiger partial charge in [-0.25, -0.2) is 9.18 Å². The number of aryl methyl sites for hydroxylation is 3. The van der Waals surface area contributed by atoms with Gasteiger partial charge in [0.05, 0.1) is 11.4 Å². The van der Waals surface area contributed by atoms with E-state index in [2.05, 4.69) is 12.1 Å². The fraction of sp³-hybridized carbons (Fsp3) is 0.154. The lowest BCUT2D eigenvalue weighted by molar-refractivity contribution is -0.139. The van der Waals surface area contributed by atoms with Gasteiger partial charge in [0.2, 0.25) is 0 Å². The third kappa shape index (κ3) is 5.41. The van der Waals surface area contributed by atoms with Crippen LogP contribution in [-0.2, 0) is 17.8 Å². The van der Waals surface area contributed by atoms with E-state index < -0.39 is 12.6 Å². The van der Waals surface area contributed by atoms with Crippen molar-refractivity contribution in [2.24, 2.45) is 0 Å². The zero-order valence-corrected chi connectivity index (χ0v) is 18.7. The largest absolute Gasteiger partial charge is 0.481 e. The molecule has 3 aromatic carbocycles. The van der Waals surface area contributed by atoms with Crippen LogP contribution in [0.15, 0.2) is 72.8 Å². The number of halogens is 2. The number of carbonyl (C=O) groups is 1. The Kier molecular flexibility index (Phi) is 6.75. The van der Waals surface area contributed by atoms with Crippen LogP contribution < -0.4 is 4.74 Å². The highest BCUT2D eigenvalue weighted by atomic mass is 35.5. The molecular formula is C26H22ClFN2O3. The van der Waals surface area contributed by atoms with E-state index in [1.807, 2.05) is 35.9 Å². The summed E-state index contributed by atoms with van der Waals surface area (Å²) >= 11 is 6.37. The minimum Gasteiger partial charge on any atom is -0.481 e. The molecule has 0 aliphatic carbocycles. The second-order valence-electron chi connectivity index (χ2n) is 7.66. The van der Waals surface area contributed by atoms with E-state index in [1.54, 1.807) is 24.3 Å². The van der Waals surface area contributed by atoms with Gasteiger partial charge < -0.3 is 9.84 Å². The van der Waals surface area contributed by atoms with Crippen LogP contribution in [0.4, 0.5) is 4.39 Å². The van der Waals surface area contributed by atoms with Gasteiger partial charge in [-0.3, -0.25) is 4.68 Å². The number of aliphatic carboxylic acids is 1. The fourth-order valence-electron chi connectivity index (χ4n) is 3.57. The normalized spacial score (nSPS) is 10.9. The van der Waals surface area contributed by atoms with Gasteiger partial charge in [0.25, 0.3) is 0 Å². The number of nitrogens with zero attached hydrogens (tertiary/aromatic N) is 2.